The van der Waals surface area contributed by atoms with Crippen molar-refractivity contribution in [3.63, 3.8) is 0 Å². The Balaban J connectivity index is 2.16. The zero-order valence-corrected chi connectivity index (χ0v) is 19.4. The third-order valence-corrected chi connectivity index (χ3v) is 6.12. The summed E-state index contributed by atoms with van der Waals surface area (Å²) in [5.74, 6) is 0.0166. The monoisotopic (exact) mass is 425 g/mol. The number of nitrogens with one attached hydrogen (secondary N) is 1. The predicted octanol–water partition coefficient (Wildman–Crippen LogP) is 3.63. The molecule has 2 aromatic rings. The highest BCUT2D eigenvalue weighted by Gasteiger charge is 2.27. The average Bonchev–Trinajstić information content (AvgIpc) is 2.69. The summed E-state index contributed by atoms with van der Waals surface area (Å²) in [6, 6.07) is 6.10. The summed E-state index contributed by atoms with van der Waals surface area (Å²) in [5.41, 5.74) is 11.7. The minimum Gasteiger partial charge on any atom is -0.381 e. The van der Waals surface area contributed by atoms with Crippen molar-refractivity contribution in [3.05, 3.63) is 62.1 Å². The lowest BCUT2D eigenvalue weighted by atomic mass is 9.92. The standard InChI is InChI=1S/C25H35N3O3/c1-15(2)14-28(20-8-10-31-11-9-20)23-18(5)21(24(26)29)7-6-19(23)13-22-16(3)12-17(4)27-25(22)30/h6-7,12,15,20H,8-11,13-14H2,1-5H3,(H2,26,29)(H,27,30). The molecule has 1 aromatic heterocycles. The van der Waals surface area contributed by atoms with Gasteiger partial charge < -0.3 is 20.4 Å². The number of hydrogen-bond acceptors (Lipinski definition) is 4. The molecule has 1 saturated heterocycles. The number of hydrogen-bond donors (Lipinski definition) is 2. The number of aromatic amines is 1. The van der Waals surface area contributed by atoms with Crippen LogP contribution in [0.5, 0.6) is 0 Å². The van der Waals surface area contributed by atoms with Crippen LogP contribution < -0.4 is 16.2 Å². The zero-order chi connectivity index (χ0) is 22.7. The van der Waals surface area contributed by atoms with Gasteiger partial charge in [0.2, 0.25) is 5.91 Å². The molecule has 6 heteroatoms. The van der Waals surface area contributed by atoms with Crippen LogP contribution in [0, 0.1) is 26.7 Å². The molecule has 1 aliphatic rings. The Kier molecular flexibility index (Phi) is 7.21. The van der Waals surface area contributed by atoms with Crippen molar-refractivity contribution < 1.29 is 9.53 Å². The molecule has 0 radical (unpaired) electrons. The van der Waals surface area contributed by atoms with Crippen molar-refractivity contribution in [1.29, 1.82) is 0 Å². The molecule has 0 atom stereocenters. The van der Waals surface area contributed by atoms with E-state index in [9.17, 15) is 9.59 Å². The Morgan fingerprint density at radius 3 is 2.48 bits per heavy atom. The number of carbonyl (C=O) groups is 1. The van der Waals surface area contributed by atoms with Crippen LogP contribution in [0.1, 0.15) is 65.0 Å². The Labute approximate surface area is 184 Å². The third-order valence-electron chi connectivity index (χ3n) is 6.12. The number of amides is 1. The molecular weight excluding hydrogens is 390 g/mol. The second-order valence-corrected chi connectivity index (χ2v) is 9.12. The number of H-pyrrole nitrogens is 1. The summed E-state index contributed by atoms with van der Waals surface area (Å²) in [4.78, 5) is 30.2. The van der Waals surface area contributed by atoms with E-state index in [1.807, 2.05) is 32.9 Å². The van der Waals surface area contributed by atoms with Crippen LogP contribution in [-0.4, -0.2) is 36.7 Å². The van der Waals surface area contributed by atoms with E-state index in [0.29, 0.717) is 23.9 Å². The molecule has 6 nitrogen and oxygen atoms in total. The number of nitrogens with zero attached hydrogens (tertiary/aromatic N) is 1. The number of nitrogens with two attached hydrogens (primary N) is 1. The molecule has 0 saturated carbocycles. The number of anilines is 1. The van der Waals surface area contributed by atoms with Gasteiger partial charge in [0.05, 0.1) is 0 Å². The molecule has 1 amide bonds. The first-order valence-electron chi connectivity index (χ1n) is 11.1. The summed E-state index contributed by atoms with van der Waals surface area (Å²) in [6.07, 6.45) is 2.39. The van der Waals surface area contributed by atoms with E-state index in [2.05, 4.69) is 23.7 Å². The summed E-state index contributed by atoms with van der Waals surface area (Å²) in [6.45, 7) is 12.6. The lowest BCUT2D eigenvalue weighted by Gasteiger charge is -2.39. The second kappa shape index (κ2) is 9.69. The molecule has 2 heterocycles. The van der Waals surface area contributed by atoms with Gasteiger partial charge in [-0.15, -0.1) is 0 Å². The maximum Gasteiger partial charge on any atom is 0.251 e. The smallest absolute Gasteiger partial charge is 0.251 e. The Morgan fingerprint density at radius 1 is 1.23 bits per heavy atom. The van der Waals surface area contributed by atoms with E-state index in [0.717, 1.165) is 66.2 Å². The van der Waals surface area contributed by atoms with E-state index in [1.54, 1.807) is 6.07 Å². The quantitative estimate of drug-likeness (QED) is 0.709. The summed E-state index contributed by atoms with van der Waals surface area (Å²) >= 11 is 0. The van der Waals surface area contributed by atoms with Crippen LogP contribution in [-0.2, 0) is 11.2 Å². The fraction of sp³-hybridized carbons (Fsp3) is 0.520. The van der Waals surface area contributed by atoms with Crippen LogP contribution in [0.15, 0.2) is 23.0 Å². The van der Waals surface area contributed by atoms with Gasteiger partial charge in [0.15, 0.2) is 0 Å². The average molecular weight is 426 g/mol. The fourth-order valence-electron chi connectivity index (χ4n) is 4.67. The highest BCUT2D eigenvalue weighted by molar-refractivity contribution is 5.96. The van der Waals surface area contributed by atoms with Gasteiger partial charge >= 0.3 is 0 Å². The molecule has 1 fully saturated rings. The molecule has 168 valence electrons. The van der Waals surface area contributed by atoms with Gasteiger partial charge in [0, 0.05) is 54.7 Å². The number of aromatic nitrogens is 1. The molecule has 3 rings (SSSR count). The van der Waals surface area contributed by atoms with Crippen LogP contribution in [0.4, 0.5) is 5.69 Å². The second-order valence-electron chi connectivity index (χ2n) is 9.12. The summed E-state index contributed by atoms with van der Waals surface area (Å²) in [5, 5.41) is 0. The van der Waals surface area contributed by atoms with E-state index in [4.69, 9.17) is 10.5 Å². The van der Waals surface area contributed by atoms with E-state index in [1.165, 1.54) is 0 Å². The van der Waals surface area contributed by atoms with E-state index in [-0.39, 0.29) is 5.56 Å². The predicted molar refractivity (Wildman–Crippen MR) is 125 cm³/mol. The molecule has 3 N–H and O–H groups in total. The first kappa shape index (κ1) is 23.1. The molecule has 1 aromatic carbocycles. The van der Waals surface area contributed by atoms with E-state index < -0.39 is 5.91 Å². The van der Waals surface area contributed by atoms with Crippen LogP contribution in [0.25, 0.3) is 0 Å². The van der Waals surface area contributed by atoms with Crippen molar-refractivity contribution in [2.45, 2.75) is 59.9 Å². The van der Waals surface area contributed by atoms with Crippen molar-refractivity contribution in [2.24, 2.45) is 11.7 Å². The van der Waals surface area contributed by atoms with Gasteiger partial charge in [0.25, 0.3) is 5.56 Å². The number of ether oxygens (including phenoxy) is 1. The number of pyridine rings is 1. The van der Waals surface area contributed by atoms with Crippen molar-refractivity contribution >= 4 is 11.6 Å². The maximum atomic E-state index is 12.7. The van der Waals surface area contributed by atoms with Gasteiger partial charge in [-0.25, -0.2) is 0 Å². The number of rotatable bonds is 7. The molecule has 0 unspecified atom stereocenters. The summed E-state index contributed by atoms with van der Waals surface area (Å²) < 4.78 is 5.61. The molecule has 0 spiro atoms. The topological polar surface area (TPSA) is 88.4 Å². The van der Waals surface area contributed by atoms with Crippen molar-refractivity contribution in [3.8, 4) is 0 Å². The number of carbonyl (C=O) groups excluding carboxylic acids is 1. The van der Waals surface area contributed by atoms with Gasteiger partial charge in [-0.05, 0) is 68.4 Å². The van der Waals surface area contributed by atoms with Crippen LogP contribution in [0.3, 0.4) is 0 Å². The molecular formula is C25H35N3O3. The number of primary amides is 1. The van der Waals surface area contributed by atoms with Gasteiger partial charge in [-0.1, -0.05) is 19.9 Å². The van der Waals surface area contributed by atoms with Crippen molar-refractivity contribution in [2.75, 3.05) is 24.7 Å². The zero-order valence-electron chi connectivity index (χ0n) is 19.4. The first-order chi connectivity index (χ1) is 14.7. The molecule has 0 aliphatic carbocycles. The Hall–Kier alpha value is -2.60. The number of aryl methyl sites for hydroxylation is 2. The number of benzene rings is 1. The van der Waals surface area contributed by atoms with E-state index >= 15 is 0 Å². The Morgan fingerprint density at radius 2 is 1.90 bits per heavy atom. The van der Waals surface area contributed by atoms with Gasteiger partial charge in [-0.2, -0.15) is 0 Å². The normalized spacial score (nSPS) is 14.8. The highest BCUT2D eigenvalue weighted by Crippen LogP contribution is 2.34. The highest BCUT2D eigenvalue weighted by atomic mass is 16.5. The van der Waals surface area contributed by atoms with Gasteiger partial charge in [0.1, 0.15) is 0 Å². The van der Waals surface area contributed by atoms with Gasteiger partial charge in [-0.3, -0.25) is 9.59 Å². The molecule has 0 bridgehead atoms. The maximum absolute atomic E-state index is 12.7. The molecule has 1 aliphatic heterocycles. The fourth-order valence-corrected chi connectivity index (χ4v) is 4.67. The van der Waals surface area contributed by atoms with Crippen molar-refractivity contribution in [1.82, 2.24) is 4.98 Å². The Bertz CT molecular complexity index is 1000. The lowest BCUT2D eigenvalue weighted by Crippen LogP contribution is -2.42. The van der Waals surface area contributed by atoms with Crippen LogP contribution >= 0.6 is 0 Å². The summed E-state index contributed by atoms with van der Waals surface area (Å²) in [7, 11) is 0. The minimum atomic E-state index is -0.425. The minimum absolute atomic E-state index is 0.0541. The molecule has 31 heavy (non-hydrogen) atoms. The largest absolute Gasteiger partial charge is 0.381 e. The first-order valence-corrected chi connectivity index (χ1v) is 11.1. The van der Waals surface area contributed by atoms with Crippen LogP contribution in [0.2, 0.25) is 0 Å². The lowest BCUT2D eigenvalue weighted by molar-refractivity contribution is 0.0838. The third kappa shape index (κ3) is 5.18. The SMILES string of the molecule is Cc1cc(C)c(Cc2ccc(C(N)=O)c(C)c2N(CC(C)C)C2CCOCC2)c(=O)[nH]1.